The minimum Gasteiger partial charge on any atom is -0.397 e. The van der Waals surface area contributed by atoms with Crippen LogP contribution in [0.15, 0.2) is 30.7 Å². The molecule has 4 rings (SSSR count). The molecule has 27 heavy (non-hydrogen) atoms. The van der Waals surface area contributed by atoms with E-state index >= 15 is 0 Å². The van der Waals surface area contributed by atoms with E-state index in [1.165, 1.54) is 37.6 Å². The van der Waals surface area contributed by atoms with Crippen LogP contribution in [0.25, 0.3) is 22.0 Å². The maximum absolute atomic E-state index is 9.55. The summed E-state index contributed by atoms with van der Waals surface area (Å²) in [4.78, 5) is 4.36. The molecule has 2 heterocycles. The van der Waals surface area contributed by atoms with E-state index in [0.29, 0.717) is 6.04 Å². The molecule has 1 aromatic carbocycles. The van der Waals surface area contributed by atoms with E-state index in [2.05, 4.69) is 34.8 Å². The first-order valence-electron chi connectivity index (χ1n) is 9.92. The van der Waals surface area contributed by atoms with Crippen molar-refractivity contribution in [2.75, 3.05) is 5.73 Å². The van der Waals surface area contributed by atoms with E-state index in [1.807, 2.05) is 19.2 Å². The minimum absolute atomic E-state index is 0.529. The molecule has 0 spiro atoms. The average molecular weight is 358 g/mol. The Morgan fingerprint density at radius 3 is 2.67 bits per heavy atom. The van der Waals surface area contributed by atoms with Crippen molar-refractivity contribution in [1.29, 1.82) is 5.26 Å². The fourth-order valence-electron chi connectivity index (χ4n) is 4.53. The summed E-state index contributed by atoms with van der Waals surface area (Å²) in [6, 6.07) is 7.10. The molecule has 3 aromatic rings. The highest BCUT2D eigenvalue weighted by molar-refractivity contribution is 5.98. The lowest BCUT2D eigenvalue weighted by Gasteiger charge is -2.24. The van der Waals surface area contributed by atoms with Gasteiger partial charge in [0, 0.05) is 40.5 Å². The zero-order valence-corrected chi connectivity index (χ0v) is 16.1. The Morgan fingerprint density at radius 2 is 1.96 bits per heavy atom. The second-order valence-corrected chi connectivity index (χ2v) is 7.65. The van der Waals surface area contributed by atoms with Crippen molar-refractivity contribution >= 4 is 16.6 Å². The third kappa shape index (κ3) is 2.98. The Hall–Kier alpha value is -2.80. The van der Waals surface area contributed by atoms with Crippen LogP contribution in [-0.2, 0) is 6.42 Å². The van der Waals surface area contributed by atoms with Gasteiger partial charge in [-0.05, 0) is 49.4 Å². The first-order valence-corrected chi connectivity index (χ1v) is 9.92. The van der Waals surface area contributed by atoms with Crippen LogP contribution in [0.5, 0.6) is 0 Å². The summed E-state index contributed by atoms with van der Waals surface area (Å²) in [7, 11) is 0. The number of anilines is 1. The molecule has 1 aliphatic carbocycles. The molecule has 4 nitrogen and oxygen atoms in total. The normalized spacial score (nSPS) is 15.1. The summed E-state index contributed by atoms with van der Waals surface area (Å²) in [6.45, 7) is 4.15. The third-order valence-corrected chi connectivity index (χ3v) is 6.00. The Bertz CT molecular complexity index is 1030. The van der Waals surface area contributed by atoms with Gasteiger partial charge in [-0.15, -0.1) is 0 Å². The Balaban J connectivity index is 2.00. The number of pyridine rings is 1. The molecule has 0 amide bonds. The summed E-state index contributed by atoms with van der Waals surface area (Å²) in [6.07, 6.45) is 13.1. The molecule has 1 aliphatic rings. The number of aromatic nitrogens is 2. The standard InChI is InChI=1S/C23H26N4/c1-3-18-20(12-26-13-22(18)25)21-14-27(17-7-5-4-6-8-17)23-9-15(2)16(11-24)10-19(21)23/h9-10,12-14,17H,3-8,25H2,1-2H3. The van der Waals surface area contributed by atoms with Crippen LogP contribution in [0.4, 0.5) is 5.69 Å². The van der Waals surface area contributed by atoms with Crippen molar-refractivity contribution in [3.63, 3.8) is 0 Å². The van der Waals surface area contributed by atoms with Crippen LogP contribution >= 0.6 is 0 Å². The molecule has 1 fully saturated rings. The van der Waals surface area contributed by atoms with Crippen LogP contribution in [0.2, 0.25) is 0 Å². The van der Waals surface area contributed by atoms with Crippen LogP contribution in [-0.4, -0.2) is 9.55 Å². The quantitative estimate of drug-likeness (QED) is 0.669. The Morgan fingerprint density at radius 1 is 1.19 bits per heavy atom. The molecular weight excluding hydrogens is 332 g/mol. The molecule has 0 radical (unpaired) electrons. The van der Waals surface area contributed by atoms with Crippen molar-refractivity contribution in [2.24, 2.45) is 0 Å². The summed E-state index contributed by atoms with van der Waals surface area (Å²) in [5, 5.41) is 10.7. The first-order chi connectivity index (χ1) is 13.1. The predicted molar refractivity (Wildman–Crippen MR) is 111 cm³/mol. The van der Waals surface area contributed by atoms with Gasteiger partial charge in [0.05, 0.1) is 23.5 Å². The van der Waals surface area contributed by atoms with Gasteiger partial charge in [-0.3, -0.25) is 4.98 Å². The van der Waals surface area contributed by atoms with Crippen LogP contribution in [0.3, 0.4) is 0 Å². The van der Waals surface area contributed by atoms with Crippen molar-refractivity contribution in [1.82, 2.24) is 9.55 Å². The fourth-order valence-corrected chi connectivity index (χ4v) is 4.53. The highest BCUT2D eigenvalue weighted by Gasteiger charge is 2.22. The predicted octanol–water partition coefficient (Wildman–Crippen LogP) is 5.53. The lowest BCUT2D eigenvalue weighted by atomic mass is 9.95. The van der Waals surface area contributed by atoms with Crippen molar-refractivity contribution < 1.29 is 0 Å². The lowest BCUT2D eigenvalue weighted by Crippen LogP contribution is -2.11. The number of nitriles is 1. The number of rotatable bonds is 3. The number of aryl methyl sites for hydroxylation is 1. The summed E-state index contributed by atoms with van der Waals surface area (Å²) in [5.41, 5.74) is 13.3. The number of benzene rings is 1. The van der Waals surface area contributed by atoms with E-state index in [9.17, 15) is 5.26 Å². The highest BCUT2D eigenvalue weighted by Crippen LogP contribution is 2.39. The zero-order valence-electron chi connectivity index (χ0n) is 16.1. The van der Waals surface area contributed by atoms with E-state index in [0.717, 1.165) is 45.3 Å². The first kappa shape index (κ1) is 17.6. The molecule has 0 saturated heterocycles. The Kier molecular flexibility index (Phi) is 4.61. The number of hydrogen-bond donors (Lipinski definition) is 1. The third-order valence-electron chi connectivity index (χ3n) is 6.00. The van der Waals surface area contributed by atoms with Crippen molar-refractivity contribution in [3.05, 3.63) is 47.4 Å². The van der Waals surface area contributed by atoms with Gasteiger partial charge >= 0.3 is 0 Å². The molecule has 0 atom stereocenters. The van der Waals surface area contributed by atoms with Crippen LogP contribution in [0.1, 0.15) is 61.8 Å². The zero-order chi connectivity index (χ0) is 19.0. The molecule has 138 valence electrons. The van der Waals surface area contributed by atoms with Crippen LogP contribution < -0.4 is 5.73 Å². The van der Waals surface area contributed by atoms with Crippen molar-refractivity contribution in [2.45, 2.75) is 58.4 Å². The van der Waals surface area contributed by atoms with Crippen LogP contribution in [0, 0.1) is 18.3 Å². The number of nitrogens with zero attached hydrogens (tertiary/aromatic N) is 3. The van der Waals surface area contributed by atoms with E-state index in [-0.39, 0.29) is 0 Å². The maximum Gasteiger partial charge on any atom is 0.0994 e. The van der Waals surface area contributed by atoms with Gasteiger partial charge in [-0.25, -0.2) is 0 Å². The second kappa shape index (κ2) is 7.08. The summed E-state index contributed by atoms with van der Waals surface area (Å²) >= 11 is 0. The number of nitrogens with two attached hydrogens (primary N) is 1. The molecule has 0 bridgehead atoms. The Labute approximate surface area is 160 Å². The van der Waals surface area contributed by atoms with Gasteiger partial charge in [-0.2, -0.15) is 5.26 Å². The number of hydrogen-bond acceptors (Lipinski definition) is 3. The molecule has 0 unspecified atom stereocenters. The molecule has 0 aliphatic heterocycles. The number of nitrogen functional groups attached to an aromatic ring is 1. The SMILES string of the molecule is CCc1c(N)cncc1-c1cn(C2CCCCC2)c2cc(C)c(C#N)cc12. The van der Waals surface area contributed by atoms with Gasteiger partial charge in [0.25, 0.3) is 0 Å². The number of fused-ring (bicyclic) bond motifs is 1. The largest absolute Gasteiger partial charge is 0.397 e. The molecule has 4 heteroatoms. The van der Waals surface area contributed by atoms with Gasteiger partial charge < -0.3 is 10.3 Å². The fraction of sp³-hybridized carbons (Fsp3) is 0.391. The van der Waals surface area contributed by atoms with Crippen molar-refractivity contribution in [3.8, 4) is 17.2 Å². The summed E-state index contributed by atoms with van der Waals surface area (Å²) < 4.78 is 2.45. The summed E-state index contributed by atoms with van der Waals surface area (Å²) in [5.74, 6) is 0. The van der Waals surface area contributed by atoms with Gasteiger partial charge in [0.2, 0.25) is 0 Å². The monoisotopic (exact) mass is 358 g/mol. The van der Waals surface area contributed by atoms with E-state index < -0.39 is 0 Å². The second-order valence-electron chi connectivity index (χ2n) is 7.65. The lowest BCUT2D eigenvalue weighted by molar-refractivity contribution is 0.361. The van der Waals surface area contributed by atoms with E-state index in [4.69, 9.17) is 5.73 Å². The molecule has 2 aromatic heterocycles. The topological polar surface area (TPSA) is 67.6 Å². The van der Waals surface area contributed by atoms with Gasteiger partial charge in [-0.1, -0.05) is 26.2 Å². The smallest absolute Gasteiger partial charge is 0.0994 e. The van der Waals surface area contributed by atoms with Gasteiger partial charge in [0.15, 0.2) is 0 Å². The minimum atomic E-state index is 0.529. The molecular formula is C23H26N4. The van der Waals surface area contributed by atoms with Gasteiger partial charge in [0.1, 0.15) is 0 Å². The molecule has 2 N–H and O–H groups in total. The molecule has 1 saturated carbocycles. The maximum atomic E-state index is 9.55. The van der Waals surface area contributed by atoms with E-state index in [1.54, 1.807) is 6.20 Å². The average Bonchev–Trinajstić information content (AvgIpc) is 3.05. The highest BCUT2D eigenvalue weighted by atomic mass is 15.0.